The minimum absolute atomic E-state index is 0.000492. The maximum atomic E-state index is 12.4. The van der Waals surface area contributed by atoms with E-state index >= 15 is 0 Å². The summed E-state index contributed by atoms with van der Waals surface area (Å²) in [5.41, 5.74) is 5.17. The highest BCUT2D eigenvalue weighted by molar-refractivity contribution is 6.01. The van der Waals surface area contributed by atoms with Gasteiger partial charge in [-0.1, -0.05) is 6.07 Å². The van der Waals surface area contributed by atoms with E-state index in [4.69, 9.17) is 0 Å². The molecule has 1 aromatic rings. The van der Waals surface area contributed by atoms with Gasteiger partial charge in [-0.05, 0) is 62.8 Å². The highest BCUT2D eigenvalue weighted by Crippen LogP contribution is 2.23. The van der Waals surface area contributed by atoms with E-state index in [1.807, 2.05) is 27.7 Å². The van der Waals surface area contributed by atoms with Crippen molar-refractivity contribution >= 4 is 11.7 Å². The van der Waals surface area contributed by atoms with E-state index in [1.165, 1.54) is 0 Å². The van der Waals surface area contributed by atoms with E-state index in [0.29, 0.717) is 18.9 Å². The Morgan fingerprint density at radius 2 is 1.60 bits per heavy atom. The molecule has 3 nitrogen and oxygen atoms in total. The van der Waals surface area contributed by atoms with Crippen molar-refractivity contribution in [3.63, 3.8) is 0 Å². The fraction of sp³-hybridized carbons (Fsp3) is 0.529. The molecule has 20 heavy (non-hydrogen) atoms. The van der Waals surface area contributed by atoms with E-state index in [-0.39, 0.29) is 11.7 Å². The molecule has 0 bridgehead atoms. The number of hydrogen-bond acceptors (Lipinski definition) is 2. The van der Waals surface area contributed by atoms with Crippen molar-refractivity contribution in [2.75, 3.05) is 0 Å². The molecule has 1 aliphatic rings. The van der Waals surface area contributed by atoms with Crippen LogP contribution in [0.25, 0.3) is 0 Å². The summed E-state index contributed by atoms with van der Waals surface area (Å²) in [6.45, 7) is 8.02. The molecule has 0 spiro atoms. The lowest BCUT2D eigenvalue weighted by Gasteiger charge is -2.14. The van der Waals surface area contributed by atoms with Crippen molar-refractivity contribution in [1.29, 1.82) is 0 Å². The number of nitrogens with one attached hydrogen (secondary N) is 1. The Hall–Kier alpha value is -1.64. The third kappa shape index (κ3) is 3.27. The number of carbonyl (C=O) groups excluding carboxylic acids is 2. The Morgan fingerprint density at radius 3 is 2.10 bits per heavy atom. The number of rotatable bonds is 5. The van der Waals surface area contributed by atoms with Crippen molar-refractivity contribution in [3.8, 4) is 0 Å². The minimum Gasteiger partial charge on any atom is -0.353 e. The molecule has 0 aliphatic heterocycles. The fourth-order valence-electron chi connectivity index (χ4n) is 2.51. The van der Waals surface area contributed by atoms with Gasteiger partial charge in [0.25, 0.3) is 0 Å². The summed E-state index contributed by atoms with van der Waals surface area (Å²) in [5, 5.41) is 2.92. The molecule has 2 rings (SSSR count). The molecule has 0 radical (unpaired) electrons. The molecule has 1 N–H and O–H groups in total. The second-order valence-corrected chi connectivity index (χ2v) is 5.90. The van der Waals surface area contributed by atoms with Crippen molar-refractivity contribution in [2.45, 2.75) is 59.4 Å². The number of carbonyl (C=O) groups is 2. The Labute approximate surface area is 120 Å². The zero-order chi connectivity index (χ0) is 14.9. The van der Waals surface area contributed by atoms with Gasteiger partial charge in [0.15, 0.2) is 5.78 Å². The molecule has 0 heterocycles. The lowest BCUT2D eigenvalue weighted by atomic mass is 9.90. The topological polar surface area (TPSA) is 46.2 Å². The summed E-state index contributed by atoms with van der Waals surface area (Å²) in [6.07, 6.45) is 2.74. The monoisotopic (exact) mass is 273 g/mol. The van der Waals surface area contributed by atoms with Gasteiger partial charge in [-0.3, -0.25) is 9.59 Å². The first-order chi connectivity index (χ1) is 9.40. The second kappa shape index (κ2) is 5.78. The largest absolute Gasteiger partial charge is 0.353 e. The van der Waals surface area contributed by atoms with Gasteiger partial charge >= 0.3 is 0 Å². The summed E-state index contributed by atoms with van der Waals surface area (Å²) in [6, 6.07) is 2.48. The first-order valence-electron chi connectivity index (χ1n) is 7.30. The Balaban J connectivity index is 2.06. The number of hydrogen-bond donors (Lipinski definition) is 1. The Morgan fingerprint density at radius 1 is 1.05 bits per heavy atom. The summed E-state index contributed by atoms with van der Waals surface area (Å²) in [5.74, 6) is 0.0817. The SMILES string of the molecule is Cc1cc(C)c(C)c(C(=O)CCC(=O)NC2CC2)c1C. The quantitative estimate of drug-likeness (QED) is 0.838. The van der Waals surface area contributed by atoms with Gasteiger partial charge in [-0.25, -0.2) is 0 Å². The zero-order valence-electron chi connectivity index (χ0n) is 12.8. The molecule has 0 unspecified atom stereocenters. The van der Waals surface area contributed by atoms with Gasteiger partial charge in [0.2, 0.25) is 5.91 Å². The molecule has 1 aliphatic carbocycles. The van der Waals surface area contributed by atoms with Gasteiger partial charge in [0.05, 0.1) is 0 Å². The van der Waals surface area contributed by atoms with E-state index in [9.17, 15) is 9.59 Å². The van der Waals surface area contributed by atoms with E-state index in [2.05, 4.69) is 11.4 Å². The standard InChI is InChI=1S/C17H23NO2/c1-10-9-11(2)13(4)17(12(10)3)15(19)7-8-16(20)18-14-5-6-14/h9,14H,5-8H2,1-4H3,(H,18,20). The van der Waals surface area contributed by atoms with Crippen LogP contribution in [0, 0.1) is 27.7 Å². The summed E-state index contributed by atoms with van der Waals surface area (Å²) in [7, 11) is 0. The fourth-order valence-corrected chi connectivity index (χ4v) is 2.51. The lowest BCUT2D eigenvalue weighted by Crippen LogP contribution is -2.25. The number of ketones is 1. The molecular formula is C17H23NO2. The lowest BCUT2D eigenvalue weighted by molar-refractivity contribution is -0.121. The van der Waals surface area contributed by atoms with Gasteiger partial charge in [-0.15, -0.1) is 0 Å². The summed E-state index contributed by atoms with van der Waals surface area (Å²) in [4.78, 5) is 24.1. The molecule has 0 saturated heterocycles. The minimum atomic E-state index is 0.000492. The third-order valence-corrected chi connectivity index (χ3v) is 4.17. The summed E-state index contributed by atoms with van der Waals surface area (Å²) >= 11 is 0. The zero-order valence-corrected chi connectivity index (χ0v) is 12.8. The Bertz CT molecular complexity index is 530. The molecule has 3 heteroatoms. The summed E-state index contributed by atoms with van der Waals surface area (Å²) < 4.78 is 0. The van der Waals surface area contributed by atoms with E-state index in [0.717, 1.165) is 40.7 Å². The molecule has 0 aromatic heterocycles. The van der Waals surface area contributed by atoms with Crippen LogP contribution in [-0.4, -0.2) is 17.7 Å². The van der Waals surface area contributed by atoms with Crippen LogP contribution in [0.5, 0.6) is 0 Å². The number of benzene rings is 1. The molecule has 0 atom stereocenters. The Kier molecular flexibility index (Phi) is 4.26. The van der Waals surface area contributed by atoms with Gasteiger partial charge < -0.3 is 5.32 Å². The molecule has 1 amide bonds. The molecule has 1 saturated carbocycles. The van der Waals surface area contributed by atoms with Crippen LogP contribution in [0.4, 0.5) is 0 Å². The molecule has 108 valence electrons. The number of amides is 1. The van der Waals surface area contributed by atoms with Gasteiger partial charge in [0.1, 0.15) is 0 Å². The maximum absolute atomic E-state index is 12.4. The first-order valence-corrected chi connectivity index (χ1v) is 7.30. The predicted octanol–water partition coefficient (Wildman–Crippen LogP) is 3.16. The third-order valence-electron chi connectivity index (χ3n) is 4.17. The van der Waals surface area contributed by atoms with Crippen LogP contribution < -0.4 is 5.32 Å². The van der Waals surface area contributed by atoms with Crippen molar-refractivity contribution in [1.82, 2.24) is 5.32 Å². The van der Waals surface area contributed by atoms with Crippen LogP contribution in [-0.2, 0) is 4.79 Å². The van der Waals surface area contributed by atoms with Crippen LogP contribution in [0.15, 0.2) is 6.07 Å². The smallest absolute Gasteiger partial charge is 0.220 e. The molecule has 1 aromatic carbocycles. The average molecular weight is 273 g/mol. The average Bonchev–Trinajstić information content (AvgIpc) is 3.18. The van der Waals surface area contributed by atoms with Crippen LogP contribution >= 0.6 is 0 Å². The maximum Gasteiger partial charge on any atom is 0.220 e. The number of aryl methyl sites for hydroxylation is 2. The van der Waals surface area contributed by atoms with Gasteiger partial charge in [0, 0.05) is 24.4 Å². The highest BCUT2D eigenvalue weighted by Gasteiger charge is 2.23. The van der Waals surface area contributed by atoms with E-state index in [1.54, 1.807) is 0 Å². The van der Waals surface area contributed by atoms with Crippen LogP contribution in [0.3, 0.4) is 0 Å². The number of Topliss-reactive ketones (excluding diaryl/α,β-unsaturated/α-hetero) is 1. The highest BCUT2D eigenvalue weighted by atomic mass is 16.2. The van der Waals surface area contributed by atoms with Crippen LogP contribution in [0.1, 0.15) is 58.3 Å². The molecule has 1 fully saturated rings. The molecular weight excluding hydrogens is 250 g/mol. The van der Waals surface area contributed by atoms with Crippen molar-refractivity contribution in [3.05, 3.63) is 33.9 Å². The van der Waals surface area contributed by atoms with Crippen LogP contribution in [0.2, 0.25) is 0 Å². The first kappa shape index (κ1) is 14.8. The predicted molar refractivity (Wildman–Crippen MR) is 80.1 cm³/mol. The van der Waals surface area contributed by atoms with Crippen molar-refractivity contribution < 1.29 is 9.59 Å². The van der Waals surface area contributed by atoms with Gasteiger partial charge in [-0.2, -0.15) is 0 Å². The second-order valence-electron chi connectivity index (χ2n) is 5.90. The van der Waals surface area contributed by atoms with Crippen molar-refractivity contribution in [2.24, 2.45) is 0 Å². The normalized spacial score (nSPS) is 14.2. The van der Waals surface area contributed by atoms with E-state index < -0.39 is 0 Å².